The number of rotatable bonds is 7. The van der Waals surface area contributed by atoms with Crippen LogP contribution in [0.4, 0.5) is 5.13 Å². The molecule has 0 atom stereocenters. The Morgan fingerprint density at radius 1 is 1.21 bits per heavy atom. The summed E-state index contributed by atoms with van der Waals surface area (Å²) in [5.74, 6) is -0.801. The average Bonchev–Trinajstić information content (AvgIpc) is 3.16. The van der Waals surface area contributed by atoms with Gasteiger partial charge in [-0.3, -0.25) is 24.2 Å². The lowest BCUT2D eigenvalue weighted by Gasteiger charge is -2.22. The summed E-state index contributed by atoms with van der Waals surface area (Å²) in [5.41, 5.74) is 3.14. The maximum atomic E-state index is 13.0. The number of thiazole rings is 1. The van der Waals surface area contributed by atoms with Gasteiger partial charge in [0.15, 0.2) is 5.13 Å². The van der Waals surface area contributed by atoms with Gasteiger partial charge in [-0.05, 0) is 31.0 Å². The molecule has 1 aromatic heterocycles. The number of benzene rings is 1. The number of fused-ring (bicyclic) bond motifs is 1. The third-order valence-electron chi connectivity index (χ3n) is 4.85. The zero-order chi connectivity index (χ0) is 20.4. The lowest BCUT2D eigenvalue weighted by Crippen LogP contribution is -3.05. The first-order valence-corrected chi connectivity index (χ1v) is 10.4. The second-order valence-corrected chi connectivity index (χ2v) is 8.63. The topological polar surface area (TPSA) is 75.0 Å². The van der Waals surface area contributed by atoms with Gasteiger partial charge in [-0.25, -0.2) is 4.98 Å². The average molecular weight is 404 g/mol. The monoisotopic (exact) mass is 403 g/mol. The number of likely N-dealkylation sites (tertiary alicyclic amines) is 1. The molecule has 0 aliphatic carbocycles. The van der Waals surface area contributed by atoms with Crippen molar-refractivity contribution < 1.29 is 19.3 Å². The number of nitrogens with zero attached hydrogens (tertiary/aromatic N) is 3. The van der Waals surface area contributed by atoms with Crippen LogP contribution in [0.5, 0.6) is 0 Å². The van der Waals surface area contributed by atoms with E-state index in [4.69, 9.17) is 4.98 Å². The molecule has 150 valence electrons. The van der Waals surface area contributed by atoms with Crippen molar-refractivity contribution in [1.82, 2.24) is 9.88 Å². The molecular weight excluding hydrogens is 376 g/mol. The molecule has 0 radical (unpaired) electrons. The van der Waals surface area contributed by atoms with Crippen molar-refractivity contribution in [2.45, 2.75) is 33.1 Å². The van der Waals surface area contributed by atoms with Gasteiger partial charge >= 0.3 is 0 Å². The number of carbonyl (C=O) groups excluding carboxylic acids is 3. The summed E-state index contributed by atoms with van der Waals surface area (Å²) in [7, 11) is 4.13. The molecule has 7 nitrogen and oxygen atoms in total. The van der Waals surface area contributed by atoms with Crippen molar-refractivity contribution in [3.8, 4) is 0 Å². The Labute approximate surface area is 168 Å². The van der Waals surface area contributed by atoms with Crippen LogP contribution in [0.1, 0.15) is 30.4 Å². The summed E-state index contributed by atoms with van der Waals surface area (Å²) in [6.45, 7) is 5.28. The van der Waals surface area contributed by atoms with Gasteiger partial charge in [-0.2, -0.15) is 0 Å². The molecule has 8 heteroatoms. The molecule has 1 aromatic carbocycles. The fourth-order valence-electron chi connectivity index (χ4n) is 3.42. The van der Waals surface area contributed by atoms with E-state index in [9.17, 15) is 14.4 Å². The highest BCUT2D eigenvalue weighted by atomic mass is 32.1. The number of imide groups is 1. The summed E-state index contributed by atoms with van der Waals surface area (Å²) in [6, 6.07) is 4.12. The molecule has 1 aliphatic rings. The SMILES string of the molecule is Cc1cc(C)c2sc(N(CCC[NH+](C)C)C(=O)CN3C(=O)CCC3=O)nc2c1. The van der Waals surface area contributed by atoms with Crippen molar-refractivity contribution >= 4 is 44.4 Å². The van der Waals surface area contributed by atoms with Crippen LogP contribution < -0.4 is 9.80 Å². The fraction of sp³-hybridized carbons (Fsp3) is 0.500. The van der Waals surface area contributed by atoms with Crippen LogP contribution in [0, 0.1) is 13.8 Å². The Morgan fingerprint density at radius 3 is 2.54 bits per heavy atom. The predicted molar refractivity (Wildman–Crippen MR) is 110 cm³/mol. The highest BCUT2D eigenvalue weighted by Crippen LogP contribution is 2.32. The molecule has 1 N–H and O–H groups in total. The van der Waals surface area contributed by atoms with E-state index in [1.807, 2.05) is 19.9 Å². The molecule has 0 saturated carbocycles. The third-order valence-corrected chi connectivity index (χ3v) is 6.08. The third kappa shape index (κ3) is 4.39. The highest BCUT2D eigenvalue weighted by Gasteiger charge is 2.32. The number of quaternary nitrogens is 1. The van der Waals surface area contributed by atoms with E-state index in [2.05, 4.69) is 20.2 Å². The number of carbonyl (C=O) groups is 3. The van der Waals surface area contributed by atoms with Gasteiger partial charge in [0.2, 0.25) is 17.7 Å². The summed E-state index contributed by atoms with van der Waals surface area (Å²) in [4.78, 5) is 45.6. The van der Waals surface area contributed by atoms with E-state index in [1.54, 1.807) is 4.90 Å². The van der Waals surface area contributed by atoms with E-state index >= 15 is 0 Å². The molecule has 2 aromatic rings. The first-order chi connectivity index (χ1) is 13.3. The maximum absolute atomic E-state index is 13.0. The molecule has 0 unspecified atom stereocenters. The molecule has 3 amide bonds. The summed E-state index contributed by atoms with van der Waals surface area (Å²) in [6.07, 6.45) is 1.19. The minimum absolute atomic E-state index is 0.190. The normalized spacial score (nSPS) is 14.5. The van der Waals surface area contributed by atoms with E-state index in [0.29, 0.717) is 11.7 Å². The van der Waals surface area contributed by atoms with Crippen LogP contribution >= 0.6 is 11.3 Å². The van der Waals surface area contributed by atoms with Gasteiger partial charge in [0.05, 0.1) is 30.9 Å². The molecule has 1 saturated heterocycles. The number of anilines is 1. The summed E-state index contributed by atoms with van der Waals surface area (Å²) >= 11 is 1.49. The van der Waals surface area contributed by atoms with E-state index in [0.717, 1.165) is 39.2 Å². The predicted octanol–water partition coefficient (Wildman–Crippen LogP) is 0.930. The van der Waals surface area contributed by atoms with Crippen molar-refractivity contribution in [3.63, 3.8) is 0 Å². The number of aromatic nitrogens is 1. The molecule has 1 fully saturated rings. The zero-order valence-corrected chi connectivity index (χ0v) is 17.7. The lowest BCUT2D eigenvalue weighted by molar-refractivity contribution is -0.858. The zero-order valence-electron chi connectivity index (χ0n) is 16.9. The first-order valence-electron chi connectivity index (χ1n) is 9.56. The largest absolute Gasteiger partial charge is 0.340 e. The smallest absolute Gasteiger partial charge is 0.248 e. The Hall–Kier alpha value is -2.32. The molecule has 1 aliphatic heterocycles. The second kappa shape index (κ2) is 8.36. The number of nitrogens with one attached hydrogen (secondary N) is 1. The highest BCUT2D eigenvalue weighted by molar-refractivity contribution is 7.22. The van der Waals surface area contributed by atoms with Crippen LogP contribution in [0.15, 0.2) is 12.1 Å². The number of aryl methyl sites for hydroxylation is 2. The summed E-state index contributed by atoms with van der Waals surface area (Å²) < 4.78 is 1.06. The van der Waals surface area contributed by atoms with Crippen LogP contribution in [0.25, 0.3) is 10.2 Å². The van der Waals surface area contributed by atoms with Crippen LogP contribution in [0.2, 0.25) is 0 Å². The van der Waals surface area contributed by atoms with Crippen LogP contribution in [-0.2, 0) is 14.4 Å². The minimum Gasteiger partial charge on any atom is -0.340 e. The van der Waals surface area contributed by atoms with Gasteiger partial charge in [-0.1, -0.05) is 17.4 Å². The van der Waals surface area contributed by atoms with Gasteiger partial charge in [0.1, 0.15) is 6.54 Å². The van der Waals surface area contributed by atoms with Crippen LogP contribution in [0.3, 0.4) is 0 Å². The Balaban J connectivity index is 1.87. The molecule has 3 rings (SSSR count). The number of hydrogen-bond acceptors (Lipinski definition) is 5. The number of hydrogen-bond donors (Lipinski definition) is 1. The quantitative estimate of drug-likeness (QED) is 0.698. The summed E-state index contributed by atoms with van der Waals surface area (Å²) in [5, 5.41) is 0.626. The van der Waals surface area contributed by atoms with Crippen molar-refractivity contribution in [1.29, 1.82) is 0 Å². The van der Waals surface area contributed by atoms with Gasteiger partial charge in [0, 0.05) is 25.8 Å². The van der Waals surface area contributed by atoms with Gasteiger partial charge in [-0.15, -0.1) is 0 Å². The molecule has 2 heterocycles. The maximum Gasteiger partial charge on any atom is 0.248 e. The van der Waals surface area contributed by atoms with Crippen molar-refractivity contribution in [2.75, 3.05) is 38.6 Å². The van der Waals surface area contributed by atoms with E-state index in [-0.39, 0.29) is 37.1 Å². The van der Waals surface area contributed by atoms with Gasteiger partial charge in [0.25, 0.3) is 0 Å². The number of amides is 3. The molecule has 28 heavy (non-hydrogen) atoms. The molecular formula is C20H27N4O3S+. The Kier molecular flexibility index (Phi) is 6.10. The van der Waals surface area contributed by atoms with Gasteiger partial charge < -0.3 is 4.90 Å². The fourth-order valence-corrected chi connectivity index (χ4v) is 4.48. The standard InChI is InChI=1S/C20H26N4O3S/c1-13-10-14(2)19-15(11-13)21-20(28-19)23(9-5-8-22(3)4)18(27)12-24-16(25)6-7-17(24)26/h10-11H,5-9,12H2,1-4H3/p+1. The van der Waals surface area contributed by atoms with Crippen molar-refractivity contribution in [2.24, 2.45) is 0 Å². The lowest BCUT2D eigenvalue weighted by atomic mass is 10.1. The molecule has 0 bridgehead atoms. The Morgan fingerprint density at radius 2 is 1.89 bits per heavy atom. The van der Waals surface area contributed by atoms with Crippen LogP contribution in [-0.4, -0.2) is 61.3 Å². The van der Waals surface area contributed by atoms with E-state index < -0.39 is 0 Å². The van der Waals surface area contributed by atoms with Crippen molar-refractivity contribution in [3.05, 3.63) is 23.3 Å². The Bertz CT molecular complexity index is 906. The minimum atomic E-state index is -0.271. The second-order valence-electron chi connectivity index (χ2n) is 7.66. The first kappa shape index (κ1) is 20.4. The van der Waals surface area contributed by atoms with E-state index in [1.165, 1.54) is 16.2 Å². The molecule has 0 spiro atoms.